The Labute approximate surface area is 193 Å². The third-order valence-corrected chi connectivity index (χ3v) is 6.38. The largest absolute Gasteiger partial charge is 0.492 e. The molecule has 3 aromatic carbocycles. The summed E-state index contributed by atoms with van der Waals surface area (Å²) < 4.78 is 6.04. The predicted molar refractivity (Wildman–Crippen MR) is 133 cm³/mol. The molecule has 0 fully saturated rings. The molecule has 0 saturated heterocycles. The average Bonchev–Trinajstić information content (AvgIpc) is 2.83. The van der Waals surface area contributed by atoms with Gasteiger partial charge in [-0.1, -0.05) is 87.5 Å². The molecule has 0 radical (unpaired) electrons. The summed E-state index contributed by atoms with van der Waals surface area (Å²) in [4.78, 5) is 15.6. The Hall–Kier alpha value is -2.91. The van der Waals surface area contributed by atoms with E-state index in [0.717, 1.165) is 47.6 Å². The highest BCUT2D eigenvalue weighted by Crippen LogP contribution is 2.39. The minimum absolute atomic E-state index is 0.149. The summed E-state index contributed by atoms with van der Waals surface area (Å²) in [5, 5.41) is 0. The zero-order valence-corrected chi connectivity index (χ0v) is 19.8. The quantitative estimate of drug-likeness (QED) is 0.335. The van der Waals surface area contributed by atoms with Gasteiger partial charge in [-0.15, -0.1) is 0 Å². The third-order valence-electron chi connectivity index (χ3n) is 6.38. The van der Waals surface area contributed by atoms with Gasteiger partial charge in [-0.3, -0.25) is 4.79 Å². The standard InChI is InChI=1S/C29H35NO2/c1-5-30(6-2)19-20-32-26-17-18-27(23(3)21-26)29(4,25-15-11-8-12-16-25)22-28(31)24-13-9-7-10-14-24/h7-18,21H,5-6,19-20,22H2,1-4H3. The molecule has 0 bridgehead atoms. The first-order chi connectivity index (χ1) is 15.5. The minimum Gasteiger partial charge on any atom is -0.492 e. The highest BCUT2D eigenvalue weighted by atomic mass is 16.5. The van der Waals surface area contributed by atoms with E-state index < -0.39 is 5.41 Å². The molecule has 0 aliphatic rings. The topological polar surface area (TPSA) is 29.5 Å². The van der Waals surface area contributed by atoms with Crippen LogP contribution in [0.25, 0.3) is 0 Å². The Morgan fingerprint density at radius 2 is 1.53 bits per heavy atom. The molecule has 0 amide bonds. The zero-order chi connectivity index (χ0) is 23.0. The van der Waals surface area contributed by atoms with Gasteiger partial charge in [0.25, 0.3) is 0 Å². The highest BCUT2D eigenvalue weighted by molar-refractivity contribution is 5.97. The lowest BCUT2D eigenvalue weighted by atomic mass is 9.70. The lowest BCUT2D eigenvalue weighted by Gasteiger charge is -2.32. The molecule has 0 heterocycles. The first kappa shape index (κ1) is 23.7. The van der Waals surface area contributed by atoms with E-state index in [-0.39, 0.29) is 5.78 Å². The first-order valence-electron chi connectivity index (χ1n) is 11.6. The van der Waals surface area contributed by atoms with Gasteiger partial charge in [0.1, 0.15) is 12.4 Å². The Morgan fingerprint density at radius 1 is 0.906 bits per heavy atom. The number of ether oxygens (including phenoxy) is 1. The number of ketones is 1. The Balaban J connectivity index is 1.87. The van der Waals surface area contributed by atoms with Crippen molar-refractivity contribution in [3.8, 4) is 5.75 Å². The van der Waals surface area contributed by atoms with Gasteiger partial charge in [0.2, 0.25) is 0 Å². The normalized spacial score (nSPS) is 13.0. The summed E-state index contributed by atoms with van der Waals surface area (Å²) in [5.74, 6) is 1.03. The van der Waals surface area contributed by atoms with Crippen LogP contribution < -0.4 is 4.74 Å². The Kier molecular flexibility index (Phi) is 8.24. The lowest BCUT2D eigenvalue weighted by molar-refractivity contribution is 0.0962. The third kappa shape index (κ3) is 5.66. The van der Waals surface area contributed by atoms with Crippen LogP contribution in [0.5, 0.6) is 5.75 Å². The molecule has 3 nitrogen and oxygen atoms in total. The van der Waals surface area contributed by atoms with Gasteiger partial charge in [-0.2, -0.15) is 0 Å². The Bertz CT molecular complexity index is 996. The monoisotopic (exact) mass is 429 g/mol. The summed E-state index contributed by atoms with van der Waals surface area (Å²) in [7, 11) is 0. The zero-order valence-electron chi connectivity index (χ0n) is 19.8. The maximum absolute atomic E-state index is 13.2. The molecular weight excluding hydrogens is 394 g/mol. The van der Waals surface area contributed by atoms with Crippen LogP contribution in [-0.4, -0.2) is 36.9 Å². The first-order valence-corrected chi connectivity index (χ1v) is 11.6. The van der Waals surface area contributed by atoms with Gasteiger partial charge in [0.15, 0.2) is 5.78 Å². The van der Waals surface area contributed by atoms with E-state index in [2.05, 4.69) is 56.9 Å². The molecule has 1 unspecified atom stereocenters. The average molecular weight is 430 g/mol. The van der Waals surface area contributed by atoms with Crippen LogP contribution >= 0.6 is 0 Å². The number of rotatable bonds is 11. The van der Waals surface area contributed by atoms with Crippen molar-refractivity contribution in [1.82, 2.24) is 4.90 Å². The van der Waals surface area contributed by atoms with E-state index in [9.17, 15) is 4.79 Å². The van der Waals surface area contributed by atoms with Gasteiger partial charge in [0.05, 0.1) is 0 Å². The van der Waals surface area contributed by atoms with Crippen molar-refractivity contribution in [3.05, 3.63) is 101 Å². The second-order valence-electron chi connectivity index (χ2n) is 8.52. The van der Waals surface area contributed by atoms with E-state index in [1.54, 1.807) is 0 Å². The van der Waals surface area contributed by atoms with E-state index in [1.165, 1.54) is 0 Å². The van der Waals surface area contributed by atoms with Crippen LogP contribution in [0.1, 0.15) is 54.2 Å². The minimum atomic E-state index is -0.433. The number of likely N-dealkylation sites (N-methyl/N-ethyl adjacent to an activating group) is 1. The SMILES string of the molecule is CCN(CC)CCOc1ccc(C(C)(CC(=O)c2ccccc2)c2ccccc2)c(C)c1. The van der Waals surface area contributed by atoms with Crippen LogP contribution in [-0.2, 0) is 5.41 Å². The number of Topliss-reactive ketones (excluding diaryl/α,β-unsaturated/α-hetero) is 1. The van der Waals surface area contributed by atoms with Crippen LogP contribution in [0.2, 0.25) is 0 Å². The van der Waals surface area contributed by atoms with Crippen LogP contribution in [0.3, 0.4) is 0 Å². The van der Waals surface area contributed by atoms with Gasteiger partial charge in [-0.25, -0.2) is 0 Å². The summed E-state index contributed by atoms with van der Waals surface area (Å²) in [6.07, 6.45) is 0.407. The van der Waals surface area contributed by atoms with Crippen molar-refractivity contribution < 1.29 is 9.53 Å². The molecular formula is C29H35NO2. The molecule has 3 heteroatoms. The Morgan fingerprint density at radius 3 is 2.12 bits per heavy atom. The van der Waals surface area contributed by atoms with E-state index in [1.807, 2.05) is 54.6 Å². The predicted octanol–water partition coefficient (Wildman–Crippen LogP) is 6.29. The summed E-state index contributed by atoms with van der Waals surface area (Å²) in [6.45, 7) is 12.3. The molecule has 1 atom stereocenters. The maximum atomic E-state index is 13.2. The number of aryl methyl sites for hydroxylation is 1. The molecule has 0 saturated carbocycles. The molecule has 0 spiro atoms. The molecule has 0 aliphatic carbocycles. The maximum Gasteiger partial charge on any atom is 0.164 e. The van der Waals surface area contributed by atoms with Crippen molar-refractivity contribution in [2.24, 2.45) is 0 Å². The van der Waals surface area contributed by atoms with Crippen molar-refractivity contribution in [2.45, 2.75) is 39.5 Å². The van der Waals surface area contributed by atoms with Gasteiger partial charge in [0, 0.05) is 23.9 Å². The van der Waals surface area contributed by atoms with E-state index in [4.69, 9.17) is 4.74 Å². The van der Waals surface area contributed by atoms with Crippen molar-refractivity contribution in [3.63, 3.8) is 0 Å². The fourth-order valence-electron chi connectivity index (χ4n) is 4.38. The smallest absolute Gasteiger partial charge is 0.164 e. The van der Waals surface area contributed by atoms with Crippen LogP contribution in [0, 0.1) is 6.92 Å². The molecule has 32 heavy (non-hydrogen) atoms. The molecule has 168 valence electrons. The van der Waals surface area contributed by atoms with E-state index in [0.29, 0.717) is 13.0 Å². The molecule has 0 aromatic heterocycles. The molecule has 3 aromatic rings. The summed E-state index contributed by atoms with van der Waals surface area (Å²) in [6, 6.07) is 26.2. The number of hydrogen-bond acceptors (Lipinski definition) is 3. The number of benzene rings is 3. The van der Waals surface area contributed by atoms with E-state index >= 15 is 0 Å². The number of hydrogen-bond donors (Lipinski definition) is 0. The lowest BCUT2D eigenvalue weighted by Crippen LogP contribution is -2.29. The van der Waals surface area contributed by atoms with Crippen molar-refractivity contribution in [1.29, 1.82) is 0 Å². The van der Waals surface area contributed by atoms with Crippen molar-refractivity contribution in [2.75, 3.05) is 26.2 Å². The second kappa shape index (κ2) is 11.1. The van der Waals surface area contributed by atoms with Gasteiger partial charge < -0.3 is 9.64 Å². The number of carbonyl (C=O) groups is 1. The number of carbonyl (C=O) groups excluding carboxylic acids is 1. The fraction of sp³-hybridized carbons (Fsp3) is 0.345. The van der Waals surface area contributed by atoms with Crippen LogP contribution in [0.15, 0.2) is 78.9 Å². The molecule has 0 N–H and O–H groups in total. The molecule has 0 aliphatic heterocycles. The van der Waals surface area contributed by atoms with Gasteiger partial charge >= 0.3 is 0 Å². The van der Waals surface area contributed by atoms with Gasteiger partial charge in [-0.05, 0) is 48.8 Å². The van der Waals surface area contributed by atoms with Crippen molar-refractivity contribution >= 4 is 5.78 Å². The summed E-state index contributed by atoms with van der Waals surface area (Å²) >= 11 is 0. The molecule has 3 rings (SSSR count). The van der Waals surface area contributed by atoms with Crippen LogP contribution in [0.4, 0.5) is 0 Å². The summed E-state index contributed by atoms with van der Waals surface area (Å²) in [5.41, 5.74) is 3.76. The fourth-order valence-corrected chi connectivity index (χ4v) is 4.38. The number of nitrogens with zero attached hydrogens (tertiary/aromatic N) is 1. The highest BCUT2D eigenvalue weighted by Gasteiger charge is 2.33. The second-order valence-corrected chi connectivity index (χ2v) is 8.52.